The molecule has 1 rings (SSSR count). The van der Waals surface area contributed by atoms with Gasteiger partial charge < -0.3 is 14.8 Å². The molecule has 1 aromatic rings. The van der Waals surface area contributed by atoms with Gasteiger partial charge in [-0.1, -0.05) is 0 Å². The van der Waals surface area contributed by atoms with Crippen LogP contribution in [0.2, 0.25) is 0 Å². The van der Waals surface area contributed by atoms with Crippen LogP contribution in [0.4, 0.5) is 5.69 Å². The van der Waals surface area contributed by atoms with Crippen molar-refractivity contribution in [1.82, 2.24) is 0 Å². The first-order valence-electron chi connectivity index (χ1n) is 5.98. The van der Waals surface area contributed by atoms with Crippen molar-refractivity contribution >= 4 is 17.6 Å². The zero-order valence-electron chi connectivity index (χ0n) is 11.6. The predicted octanol–water partition coefficient (Wildman–Crippen LogP) is 2.37. The molecule has 0 fully saturated rings. The third-order valence-corrected chi connectivity index (χ3v) is 1.95. The first-order valence-corrected chi connectivity index (χ1v) is 5.98. The summed E-state index contributed by atoms with van der Waals surface area (Å²) < 4.78 is 10.4. The number of amides is 1. The predicted molar refractivity (Wildman–Crippen MR) is 72.1 cm³/mol. The van der Waals surface area contributed by atoms with Crippen LogP contribution in [-0.2, 0) is 14.3 Å². The fourth-order valence-electron chi connectivity index (χ4n) is 1.35. The van der Waals surface area contributed by atoms with Gasteiger partial charge in [0.2, 0.25) is 5.91 Å². The number of carbonyl (C=O) groups is 2. The second-order valence-corrected chi connectivity index (χ2v) is 5.08. The minimum absolute atomic E-state index is 0.137. The molecule has 1 aromatic carbocycles. The molecule has 19 heavy (non-hydrogen) atoms. The van der Waals surface area contributed by atoms with E-state index in [1.54, 1.807) is 45.0 Å². The van der Waals surface area contributed by atoms with E-state index >= 15 is 0 Å². The molecule has 0 bridgehead atoms. The Bertz CT molecular complexity index is 446. The van der Waals surface area contributed by atoms with Gasteiger partial charge in [0.25, 0.3) is 0 Å². The smallest absolute Gasteiger partial charge is 0.344 e. The summed E-state index contributed by atoms with van der Waals surface area (Å²) in [6.45, 7) is 6.69. The lowest BCUT2D eigenvalue weighted by atomic mass is 10.2. The van der Waals surface area contributed by atoms with E-state index in [4.69, 9.17) is 9.47 Å². The number of rotatable bonds is 4. The Labute approximate surface area is 112 Å². The van der Waals surface area contributed by atoms with Gasteiger partial charge in [0.1, 0.15) is 11.4 Å². The van der Waals surface area contributed by atoms with E-state index in [0.717, 1.165) is 0 Å². The van der Waals surface area contributed by atoms with Crippen molar-refractivity contribution in [3.63, 3.8) is 0 Å². The maximum absolute atomic E-state index is 11.4. The number of anilines is 1. The third-order valence-electron chi connectivity index (χ3n) is 1.95. The minimum atomic E-state index is -0.518. The topological polar surface area (TPSA) is 64.6 Å². The van der Waals surface area contributed by atoms with Crippen LogP contribution < -0.4 is 10.1 Å². The molecule has 0 saturated heterocycles. The summed E-state index contributed by atoms with van der Waals surface area (Å²) in [5, 5.41) is 2.64. The van der Waals surface area contributed by atoms with Crippen molar-refractivity contribution in [2.75, 3.05) is 11.9 Å². The highest BCUT2D eigenvalue weighted by Crippen LogP contribution is 2.16. The first-order chi connectivity index (χ1) is 8.76. The Morgan fingerprint density at radius 3 is 2.21 bits per heavy atom. The summed E-state index contributed by atoms with van der Waals surface area (Å²) in [4.78, 5) is 22.3. The van der Waals surface area contributed by atoms with Gasteiger partial charge in [-0.25, -0.2) is 4.79 Å². The fourth-order valence-corrected chi connectivity index (χ4v) is 1.35. The van der Waals surface area contributed by atoms with Gasteiger partial charge in [-0.05, 0) is 45.0 Å². The monoisotopic (exact) mass is 265 g/mol. The van der Waals surface area contributed by atoms with Crippen molar-refractivity contribution in [1.29, 1.82) is 0 Å². The molecule has 0 aliphatic carbocycles. The van der Waals surface area contributed by atoms with E-state index in [9.17, 15) is 9.59 Å². The van der Waals surface area contributed by atoms with E-state index < -0.39 is 11.6 Å². The van der Waals surface area contributed by atoms with Crippen LogP contribution in [0, 0.1) is 0 Å². The number of ether oxygens (including phenoxy) is 2. The largest absolute Gasteiger partial charge is 0.482 e. The quantitative estimate of drug-likeness (QED) is 0.849. The van der Waals surface area contributed by atoms with Crippen LogP contribution in [0.3, 0.4) is 0 Å². The molecule has 0 aliphatic rings. The zero-order chi connectivity index (χ0) is 14.5. The number of carbonyl (C=O) groups excluding carboxylic acids is 2. The van der Waals surface area contributed by atoms with Crippen LogP contribution >= 0.6 is 0 Å². The maximum atomic E-state index is 11.4. The molecule has 104 valence electrons. The fraction of sp³-hybridized carbons (Fsp3) is 0.429. The molecule has 0 radical (unpaired) electrons. The number of hydrogen-bond acceptors (Lipinski definition) is 4. The highest BCUT2D eigenvalue weighted by atomic mass is 16.6. The lowest BCUT2D eigenvalue weighted by Gasteiger charge is -2.19. The lowest BCUT2D eigenvalue weighted by molar-refractivity contribution is -0.157. The van der Waals surface area contributed by atoms with Crippen LogP contribution in [0.5, 0.6) is 5.75 Å². The van der Waals surface area contributed by atoms with Crippen molar-refractivity contribution in [3.8, 4) is 5.75 Å². The Kier molecular flexibility index (Phi) is 4.92. The summed E-state index contributed by atoms with van der Waals surface area (Å²) in [5.41, 5.74) is 0.160. The number of hydrogen-bond donors (Lipinski definition) is 1. The van der Waals surface area contributed by atoms with Crippen LogP contribution in [0.15, 0.2) is 24.3 Å². The van der Waals surface area contributed by atoms with Crippen molar-refractivity contribution < 1.29 is 19.1 Å². The second kappa shape index (κ2) is 6.22. The molecule has 5 nitrogen and oxygen atoms in total. The third kappa shape index (κ3) is 6.45. The standard InChI is InChI=1S/C14H19NO4/c1-10(16)15-11-5-7-12(8-6-11)18-9-13(17)19-14(2,3)4/h5-8H,9H2,1-4H3,(H,15,16). The van der Waals surface area contributed by atoms with Gasteiger partial charge in [0.15, 0.2) is 6.61 Å². The van der Waals surface area contributed by atoms with Gasteiger partial charge in [0, 0.05) is 12.6 Å². The summed E-state index contributed by atoms with van der Waals surface area (Å²) in [7, 11) is 0. The Morgan fingerprint density at radius 2 is 1.74 bits per heavy atom. The summed E-state index contributed by atoms with van der Waals surface area (Å²) in [5.74, 6) is -0.0131. The molecule has 0 aromatic heterocycles. The highest BCUT2D eigenvalue weighted by molar-refractivity contribution is 5.88. The van der Waals surface area contributed by atoms with Crippen molar-refractivity contribution in [2.45, 2.75) is 33.3 Å². The molecule has 1 amide bonds. The average molecular weight is 265 g/mol. The van der Waals surface area contributed by atoms with Crippen molar-refractivity contribution in [3.05, 3.63) is 24.3 Å². The van der Waals surface area contributed by atoms with Gasteiger partial charge in [-0.3, -0.25) is 4.79 Å². The molecule has 0 saturated carbocycles. The van der Waals surface area contributed by atoms with E-state index in [0.29, 0.717) is 11.4 Å². The summed E-state index contributed by atoms with van der Waals surface area (Å²) in [6, 6.07) is 6.75. The molecule has 0 spiro atoms. The summed E-state index contributed by atoms with van der Waals surface area (Å²) >= 11 is 0. The second-order valence-electron chi connectivity index (χ2n) is 5.08. The number of esters is 1. The van der Waals surface area contributed by atoms with Gasteiger partial charge >= 0.3 is 5.97 Å². The van der Waals surface area contributed by atoms with E-state index in [1.807, 2.05) is 0 Å². The molecular formula is C14H19NO4. The first kappa shape index (κ1) is 15.0. The lowest BCUT2D eigenvalue weighted by Crippen LogP contribution is -2.27. The Hall–Kier alpha value is -2.04. The van der Waals surface area contributed by atoms with Crippen LogP contribution in [0.25, 0.3) is 0 Å². The number of benzene rings is 1. The molecule has 5 heteroatoms. The molecule has 0 heterocycles. The molecule has 0 aliphatic heterocycles. The van der Waals surface area contributed by atoms with Gasteiger partial charge in [-0.2, -0.15) is 0 Å². The minimum Gasteiger partial charge on any atom is -0.482 e. The Balaban J connectivity index is 2.46. The van der Waals surface area contributed by atoms with Crippen LogP contribution in [-0.4, -0.2) is 24.1 Å². The molecule has 0 atom stereocenters. The van der Waals surface area contributed by atoms with Gasteiger partial charge in [0.05, 0.1) is 0 Å². The molecule has 1 N–H and O–H groups in total. The van der Waals surface area contributed by atoms with E-state index in [1.165, 1.54) is 6.92 Å². The van der Waals surface area contributed by atoms with Crippen LogP contribution in [0.1, 0.15) is 27.7 Å². The Morgan fingerprint density at radius 1 is 1.16 bits per heavy atom. The average Bonchev–Trinajstić information content (AvgIpc) is 2.25. The maximum Gasteiger partial charge on any atom is 0.344 e. The highest BCUT2D eigenvalue weighted by Gasteiger charge is 2.16. The van der Waals surface area contributed by atoms with Gasteiger partial charge in [-0.15, -0.1) is 0 Å². The van der Waals surface area contributed by atoms with Crippen molar-refractivity contribution in [2.24, 2.45) is 0 Å². The zero-order valence-corrected chi connectivity index (χ0v) is 11.6. The summed E-state index contributed by atoms with van der Waals surface area (Å²) in [6.07, 6.45) is 0. The number of nitrogens with one attached hydrogen (secondary N) is 1. The normalized spacial score (nSPS) is 10.7. The molecule has 0 unspecified atom stereocenters. The van der Waals surface area contributed by atoms with E-state index in [-0.39, 0.29) is 12.5 Å². The SMILES string of the molecule is CC(=O)Nc1ccc(OCC(=O)OC(C)(C)C)cc1. The molecular weight excluding hydrogens is 246 g/mol. The van der Waals surface area contributed by atoms with E-state index in [2.05, 4.69) is 5.32 Å².